The van der Waals surface area contributed by atoms with Crippen molar-refractivity contribution in [2.24, 2.45) is 5.92 Å². The maximum atomic E-state index is 11.8. The van der Waals surface area contributed by atoms with Gasteiger partial charge in [-0.05, 0) is 73.3 Å². The standard InChI is InChI=1S/C23H29N3O2S/c1-16-6-5-13-26(15-16)19-11-9-18(10-12-19)14-24-23(29)25-21-8-4-7-20(17(21)2)22(27)28-3/h4,7-12,16H,5-6,13-15H2,1-3H3,(H2,24,25,29). The van der Waals surface area contributed by atoms with Crippen LogP contribution in [0.25, 0.3) is 0 Å². The lowest BCUT2D eigenvalue weighted by molar-refractivity contribution is 0.0600. The van der Waals surface area contributed by atoms with Gasteiger partial charge in [-0.1, -0.05) is 25.1 Å². The monoisotopic (exact) mass is 411 g/mol. The number of hydrogen-bond donors (Lipinski definition) is 2. The molecule has 2 aromatic carbocycles. The van der Waals surface area contributed by atoms with Gasteiger partial charge in [0.15, 0.2) is 5.11 Å². The highest BCUT2D eigenvalue weighted by molar-refractivity contribution is 7.80. The van der Waals surface area contributed by atoms with Crippen LogP contribution in [0.5, 0.6) is 0 Å². The van der Waals surface area contributed by atoms with E-state index in [0.717, 1.165) is 30.3 Å². The highest BCUT2D eigenvalue weighted by Gasteiger charge is 2.16. The van der Waals surface area contributed by atoms with Crippen LogP contribution in [0, 0.1) is 12.8 Å². The Hall–Kier alpha value is -2.60. The van der Waals surface area contributed by atoms with Gasteiger partial charge in [0.05, 0.1) is 12.7 Å². The van der Waals surface area contributed by atoms with Crippen molar-refractivity contribution in [3.05, 3.63) is 59.2 Å². The molecule has 3 rings (SSSR count). The fourth-order valence-corrected chi connectivity index (χ4v) is 3.88. The maximum absolute atomic E-state index is 11.8. The zero-order valence-corrected chi connectivity index (χ0v) is 18.1. The molecule has 1 unspecified atom stereocenters. The second kappa shape index (κ2) is 9.74. The van der Waals surface area contributed by atoms with Crippen molar-refractivity contribution in [1.82, 2.24) is 5.32 Å². The Morgan fingerprint density at radius 1 is 1.24 bits per heavy atom. The van der Waals surface area contributed by atoms with Crippen molar-refractivity contribution in [2.45, 2.75) is 33.2 Å². The van der Waals surface area contributed by atoms with Gasteiger partial charge in [0.2, 0.25) is 0 Å². The molecule has 0 bridgehead atoms. The van der Waals surface area contributed by atoms with E-state index >= 15 is 0 Å². The SMILES string of the molecule is COC(=O)c1cccc(NC(=S)NCc2ccc(N3CCCC(C)C3)cc2)c1C. The minimum absolute atomic E-state index is 0.354. The van der Waals surface area contributed by atoms with Gasteiger partial charge in [0.25, 0.3) is 0 Å². The molecule has 1 aliphatic rings. The lowest BCUT2D eigenvalue weighted by Gasteiger charge is -2.32. The Kier molecular flexibility index (Phi) is 7.09. The van der Waals surface area contributed by atoms with Crippen LogP contribution in [0.3, 0.4) is 0 Å². The van der Waals surface area contributed by atoms with Gasteiger partial charge in [-0.2, -0.15) is 0 Å². The number of piperidine rings is 1. The molecule has 154 valence electrons. The van der Waals surface area contributed by atoms with Crippen molar-refractivity contribution in [1.29, 1.82) is 0 Å². The van der Waals surface area contributed by atoms with Gasteiger partial charge in [0, 0.05) is 31.0 Å². The Morgan fingerprint density at radius 3 is 2.69 bits per heavy atom. The van der Waals surface area contributed by atoms with Crippen LogP contribution in [0.4, 0.5) is 11.4 Å². The molecule has 1 atom stereocenters. The topological polar surface area (TPSA) is 53.6 Å². The Labute approximate surface area is 178 Å². The average Bonchev–Trinajstić information content (AvgIpc) is 2.73. The third-order valence-electron chi connectivity index (χ3n) is 5.40. The molecule has 29 heavy (non-hydrogen) atoms. The van der Waals surface area contributed by atoms with E-state index in [2.05, 4.69) is 46.7 Å². The van der Waals surface area contributed by atoms with Gasteiger partial charge in [-0.15, -0.1) is 0 Å². The summed E-state index contributed by atoms with van der Waals surface area (Å²) in [6.45, 7) is 7.10. The van der Waals surface area contributed by atoms with Gasteiger partial charge < -0.3 is 20.3 Å². The first kappa shape index (κ1) is 21.1. The number of ether oxygens (including phenoxy) is 1. The fraction of sp³-hybridized carbons (Fsp3) is 0.391. The van der Waals surface area contributed by atoms with Crippen LogP contribution in [-0.4, -0.2) is 31.3 Å². The van der Waals surface area contributed by atoms with Gasteiger partial charge in [-0.25, -0.2) is 4.79 Å². The summed E-state index contributed by atoms with van der Waals surface area (Å²) in [6.07, 6.45) is 2.59. The number of methoxy groups -OCH3 is 1. The number of thiocarbonyl (C=S) groups is 1. The lowest BCUT2D eigenvalue weighted by atomic mass is 9.99. The van der Waals surface area contributed by atoms with E-state index < -0.39 is 0 Å². The molecule has 5 nitrogen and oxygen atoms in total. The molecule has 0 saturated carbocycles. The molecule has 1 fully saturated rings. The van der Waals surface area contributed by atoms with Gasteiger partial charge in [0.1, 0.15) is 0 Å². The normalized spacial score (nSPS) is 16.2. The van der Waals surface area contributed by atoms with Crippen molar-refractivity contribution in [2.75, 3.05) is 30.4 Å². The first-order chi connectivity index (χ1) is 14.0. The maximum Gasteiger partial charge on any atom is 0.338 e. The molecule has 0 aromatic heterocycles. The molecule has 0 amide bonds. The van der Waals surface area contributed by atoms with E-state index in [1.54, 1.807) is 6.07 Å². The molecule has 1 aliphatic heterocycles. The number of esters is 1. The number of hydrogen-bond acceptors (Lipinski definition) is 4. The molecular formula is C23H29N3O2S. The highest BCUT2D eigenvalue weighted by Crippen LogP contribution is 2.23. The number of benzene rings is 2. The molecule has 2 aromatic rings. The first-order valence-electron chi connectivity index (χ1n) is 10.0. The molecule has 0 spiro atoms. The first-order valence-corrected chi connectivity index (χ1v) is 10.5. The van der Waals surface area contributed by atoms with Crippen LogP contribution in [-0.2, 0) is 11.3 Å². The van der Waals surface area contributed by atoms with Crippen molar-refractivity contribution >= 4 is 34.7 Å². The molecule has 1 saturated heterocycles. The third-order valence-corrected chi connectivity index (χ3v) is 5.65. The average molecular weight is 412 g/mol. The summed E-state index contributed by atoms with van der Waals surface area (Å²) in [5.74, 6) is 0.405. The lowest BCUT2D eigenvalue weighted by Crippen LogP contribution is -2.34. The van der Waals surface area contributed by atoms with Gasteiger partial charge >= 0.3 is 5.97 Å². The number of carbonyl (C=O) groups is 1. The summed E-state index contributed by atoms with van der Waals surface area (Å²) in [5.41, 5.74) is 4.59. The smallest absolute Gasteiger partial charge is 0.338 e. The molecular weight excluding hydrogens is 382 g/mol. The van der Waals surface area contributed by atoms with E-state index in [9.17, 15) is 4.79 Å². The van der Waals surface area contributed by atoms with E-state index in [4.69, 9.17) is 17.0 Å². The van der Waals surface area contributed by atoms with E-state index in [1.165, 1.54) is 31.2 Å². The predicted molar refractivity (Wildman–Crippen MR) is 123 cm³/mol. The number of rotatable bonds is 5. The number of nitrogens with zero attached hydrogens (tertiary/aromatic N) is 1. The van der Waals surface area contributed by atoms with Crippen LogP contribution in [0.15, 0.2) is 42.5 Å². The fourth-order valence-electron chi connectivity index (χ4n) is 3.70. The molecule has 2 N–H and O–H groups in total. The third kappa shape index (κ3) is 5.48. The van der Waals surface area contributed by atoms with Crippen molar-refractivity contribution < 1.29 is 9.53 Å². The number of nitrogens with one attached hydrogen (secondary N) is 2. The van der Waals surface area contributed by atoms with E-state index in [0.29, 0.717) is 17.2 Å². The number of anilines is 2. The second-order valence-corrected chi connectivity index (χ2v) is 8.05. The molecule has 0 aliphatic carbocycles. The zero-order chi connectivity index (χ0) is 20.8. The Bertz CT molecular complexity index is 867. The Balaban J connectivity index is 1.55. The van der Waals surface area contributed by atoms with Crippen LogP contribution < -0.4 is 15.5 Å². The minimum atomic E-state index is -0.354. The van der Waals surface area contributed by atoms with E-state index in [-0.39, 0.29) is 5.97 Å². The predicted octanol–water partition coefficient (Wildman–Crippen LogP) is 4.50. The summed E-state index contributed by atoms with van der Waals surface area (Å²) in [6, 6.07) is 14.1. The summed E-state index contributed by atoms with van der Waals surface area (Å²) >= 11 is 5.43. The summed E-state index contributed by atoms with van der Waals surface area (Å²) < 4.78 is 4.82. The van der Waals surface area contributed by atoms with Crippen molar-refractivity contribution in [3.8, 4) is 0 Å². The largest absolute Gasteiger partial charge is 0.465 e. The minimum Gasteiger partial charge on any atom is -0.465 e. The summed E-state index contributed by atoms with van der Waals surface area (Å²) in [4.78, 5) is 14.3. The zero-order valence-electron chi connectivity index (χ0n) is 17.3. The van der Waals surface area contributed by atoms with Crippen LogP contribution in [0.1, 0.15) is 41.3 Å². The van der Waals surface area contributed by atoms with Crippen LogP contribution in [0.2, 0.25) is 0 Å². The van der Waals surface area contributed by atoms with Crippen LogP contribution >= 0.6 is 12.2 Å². The number of carbonyl (C=O) groups excluding carboxylic acids is 1. The summed E-state index contributed by atoms with van der Waals surface area (Å²) in [7, 11) is 1.38. The Morgan fingerprint density at radius 2 is 2.00 bits per heavy atom. The van der Waals surface area contributed by atoms with Crippen molar-refractivity contribution in [3.63, 3.8) is 0 Å². The summed E-state index contributed by atoms with van der Waals surface area (Å²) in [5, 5.41) is 6.92. The quantitative estimate of drug-likeness (QED) is 0.558. The van der Waals surface area contributed by atoms with Gasteiger partial charge in [-0.3, -0.25) is 0 Å². The molecule has 1 heterocycles. The second-order valence-electron chi connectivity index (χ2n) is 7.64. The van der Waals surface area contributed by atoms with E-state index in [1.807, 2.05) is 19.1 Å². The highest BCUT2D eigenvalue weighted by atomic mass is 32.1. The molecule has 6 heteroatoms. The molecule has 0 radical (unpaired) electrons.